The van der Waals surface area contributed by atoms with E-state index in [-0.39, 0.29) is 12.5 Å². The second-order valence-corrected chi connectivity index (χ2v) is 19.6. The van der Waals surface area contributed by atoms with Crippen LogP contribution in [0, 0.1) is 0 Å². The number of hydrogen-bond acceptors (Lipinski definition) is 6. The number of phosphoric acid groups is 1. The molecule has 0 spiro atoms. The highest BCUT2D eigenvalue weighted by Crippen LogP contribution is 2.38. The van der Waals surface area contributed by atoms with Crippen molar-refractivity contribution in [2.75, 3.05) is 40.9 Å². The molecule has 0 rings (SSSR count). The number of nitrogens with zero attached hydrogens (tertiary/aromatic N) is 1. The minimum atomic E-state index is -4.60. The number of amides is 1. The predicted molar refractivity (Wildman–Crippen MR) is 251 cm³/mol. The van der Waals surface area contributed by atoms with Crippen LogP contribution in [0.2, 0.25) is 0 Å². The SMILES string of the molecule is CCCCCC/C=C\CCCCCCCCCC(=O)NC(COP(=O)([O-])OCC[N+](C)(C)C)C(O)/C=C/CC/C=C/CCCCCCCCCCCCCCCCCC. The molecule has 0 saturated heterocycles. The third-order valence-electron chi connectivity index (χ3n) is 11.1. The topological polar surface area (TPSA) is 108 Å². The Morgan fingerprint density at radius 1 is 0.576 bits per heavy atom. The van der Waals surface area contributed by atoms with E-state index in [9.17, 15) is 19.4 Å². The first kappa shape index (κ1) is 57.7. The van der Waals surface area contributed by atoms with E-state index in [1.165, 1.54) is 167 Å². The van der Waals surface area contributed by atoms with Gasteiger partial charge in [0, 0.05) is 6.42 Å². The first-order chi connectivity index (χ1) is 28.5. The summed E-state index contributed by atoms with van der Waals surface area (Å²) in [5.74, 6) is -0.212. The number of allylic oxidation sites excluding steroid dienone is 5. The highest BCUT2D eigenvalue weighted by Gasteiger charge is 2.23. The smallest absolute Gasteiger partial charge is 0.268 e. The fourth-order valence-corrected chi connectivity index (χ4v) is 7.83. The summed E-state index contributed by atoms with van der Waals surface area (Å²) in [5.41, 5.74) is 0. The summed E-state index contributed by atoms with van der Waals surface area (Å²) in [6, 6.07) is -0.904. The Balaban J connectivity index is 4.37. The Kier molecular flexibility index (Phi) is 41.1. The van der Waals surface area contributed by atoms with Gasteiger partial charge in [-0.15, -0.1) is 0 Å². The predicted octanol–water partition coefficient (Wildman–Crippen LogP) is 13.6. The van der Waals surface area contributed by atoms with Crippen LogP contribution in [0.15, 0.2) is 36.5 Å². The van der Waals surface area contributed by atoms with Crippen molar-refractivity contribution in [2.24, 2.45) is 0 Å². The summed E-state index contributed by atoms with van der Waals surface area (Å²) in [4.78, 5) is 25.3. The number of aliphatic hydroxyl groups is 1. The van der Waals surface area contributed by atoms with Crippen molar-refractivity contribution in [2.45, 2.75) is 238 Å². The van der Waals surface area contributed by atoms with Crippen LogP contribution in [-0.4, -0.2) is 68.5 Å². The van der Waals surface area contributed by atoms with Gasteiger partial charge in [-0.1, -0.05) is 198 Å². The number of carbonyl (C=O) groups is 1. The van der Waals surface area contributed by atoms with E-state index >= 15 is 0 Å². The molecule has 1 amide bonds. The summed E-state index contributed by atoms with van der Waals surface area (Å²) in [6.45, 7) is 4.62. The molecule has 0 aliphatic heterocycles. The number of aliphatic hydroxyl groups excluding tert-OH is 1. The molecule has 0 aromatic carbocycles. The molecule has 59 heavy (non-hydrogen) atoms. The first-order valence-corrected chi connectivity index (χ1v) is 26.3. The van der Waals surface area contributed by atoms with Crippen molar-refractivity contribution < 1.29 is 32.9 Å². The van der Waals surface area contributed by atoms with Gasteiger partial charge in [-0.25, -0.2) is 0 Å². The second kappa shape index (κ2) is 42.0. The number of phosphoric ester groups is 1. The van der Waals surface area contributed by atoms with Crippen LogP contribution in [0.5, 0.6) is 0 Å². The van der Waals surface area contributed by atoms with Gasteiger partial charge in [0.15, 0.2) is 0 Å². The van der Waals surface area contributed by atoms with Crippen molar-refractivity contribution in [3.05, 3.63) is 36.5 Å². The van der Waals surface area contributed by atoms with Crippen LogP contribution in [0.3, 0.4) is 0 Å². The molecular weight excluding hydrogens is 756 g/mol. The molecule has 2 N–H and O–H groups in total. The number of carbonyl (C=O) groups excluding carboxylic acids is 1. The fraction of sp³-hybridized carbons (Fsp3) is 0.860. The third-order valence-corrected chi connectivity index (χ3v) is 12.0. The van der Waals surface area contributed by atoms with E-state index in [0.717, 1.165) is 38.5 Å². The van der Waals surface area contributed by atoms with Crippen molar-refractivity contribution in [1.29, 1.82) is 0 Å². The Morgan fingerprint density at radius 2 is 0.949 bits per heavy atom. The molecule has 0 bridgehead atoms. The zero-order valence-corrected chi connectivity index (χ0v) is 40.4. The lowest BCUT2D eigenvalue weighted by Gasteiger charge is -2.29. The maximum atomic E-state index is 12.9. The summed E-state index contributed by atoms with van der Waals surface area (Å²) in [6.07, 6.45) is 52.0. The molecule has 0 aromatic heterocycles. The van der Waals surface area contributed by atoms with Crippen LogP contribution < -0.4 is 10.2 Å². The van der Waals surface area contributed by atoms with Crippen LogP contribution in [0.25, 0.3) is 0 Å². The summed E-state index contributed by atoms with van der Waals surface area (Å²) < 4.78 is 23.2. The van der Waals surface area contributed by atoms with E-state index in [1.54, 1.807) is 6.08 Å². The minimum absolute atomic E-state index is 0.00695. The third kappa shape index (κ3) is 44.6. The first-order valence-electron chi connectivity index (χ1n) is 24.9. The lowest BCUT2D eigenvalue weighted by atomic mass is 10.0. The Hall–Kier alpha value is -1.28. The normalized spacial score (nSPS) is 14.5. The van der Waals surface area contributed by atoms with Crippen molar-refractivity contribution in [3.63, 3.8) is 0 Å². The van der Waals surface area contributed by atoms with Gasteiger partial charge in [-0.2, -0.15) is 0 Å². The van der Waals surface area contributed by atoms with E-state index in [1.807, 2.05) is 27.2 Å². The standard InChI is InChI=1S/C50H97N2O6P/c1-6-8-10-12-14-16-18-20-22-23-24-25-26-27-28-30-31-33-35-37-39-41-43-49(53)48(47-58-59(55,56)57-46-45-52(3,4)5)51-50(54)44-42-40-38-36-34-32-29-21-19-17-15-13-11-9-7-2/h17,19,33,35,41,43,48-49,53H,6-16,18,20-32,34,36-40,42,44-47H2,1-5H3,(H-,51,54,55,56)/b19-17-,35-33+,43-41+. The summed E-state index contributed by atoms with van der Waals surface area (Å²) in [7, 11) is 1.24. The van der Waals surface area contributed by atoms with Crippen molar-refractivity contribution >= 4 is 13.7 Å². The molecule has 8 nitrogen and oxygen atoms in total. The Morgan fingerprint density at radius 3 is 1.39 bits per heavy atom. The average Bonchev–Trinajstić information content (AvgIpc) is 3.19. The number of hydrogen-bond donors (Lipinski definition) is 2. The zero-order valence-electron chi connectivity index (χ0n) is 39.5. The lowest BCUT2D eigenvalue weighted by Crippen LogP contribution is -2.45. The molecule has 3 atom stereocenters. The lowest BCUT2D eigenvalue weighted by molar-refractivity contribution is -0.870. The average molecular weight is 853 g/mol. The Labute approximate surface area is 366 Å². The number of nitrogens with one attached hydrogen (secondary N) is 1. The van der Waals surface area contributed by atoms with Gasteiger partial charge in [0.25, 0.3) is 7.82 Å². The van der Waals surface area contributed by atoms with Crippen molar-refractivity contribution in [3.8, 4) is 0 Å². The maximum absolute atomic E-state index is 12.9. The highest BCUT2D eigenvalue weighted by molar-refractivity contribution is 7.45. The monoisotopic (exact) mass is 853 g/mol. The largest absolute Gasteiger partial charge is 0.756 e. The molecule has 0 aliphatic rings. The second-order valence-electron chi connectivity index (χ2n) is 18.2. The van der Waals surface area contributed by atoms with Gasteiger partial charge in [0.05, 0.1) is 39.9 Å². The molecule has 0 radical (unpaired) electrons. The molecule has 0 saturated carbocycles. The molecule has 0 heterocycles. The van der Waals surface area contributed by atoms with Crippen molar-refractivity contribution in [1.82, 2.24) is 5.32 Å². The van der Waals surface area contributed by atoms with Gasteiger partial charge in [0.2, 0.25) is 5.91 Å². The number of quaternary nitrogens is 1. The summed E-state index contributed by atoms with van der Waals surface area (Å²) >= 11 is 0. The van der Waals surface area contributed by atoms with Gasteiger partial charge in [-0.05, 0) is 57.8 Å². The van der Waals surface area contributed by atoms with Crippen LogP contribution in [0.1, 0.15) is 226 Å². The highest BCUT2D eigenvalue weighted by atomic mass is 31.2. The van der Waals surface area contributed by atoms with Gasteiger partial charge < -0.3 is 28.8 Å². The van der Waals surface area contributed by atoms with E-state index in [0.29, 0.717) is 17.4 Å². The van der Waals surface area contributed by atoms with Gasteiger partial charge in [0.1, 0.15) is 13.2 Å². The quantitative estimate of drug-likeness (QED) is 0.0273. The van der Waals surface area contributed by atoms with Gasteiger partial charge >= 0.3 is 0 Å². The fourth-order valence-electron chi connectivity index (χ4n) is 7.10. The molecule has 348 valence electrons. The maximum Gasteiger partial charge on any atom is 0.268 e. The van der Waals surface area contributed by atoms with E-state index in [4.69, 9.17) is 9.05 Å². The minimum Gasteiger partial charge on any atom is -0.756 e. The van der Waals surface area contributed by atoms with Crippen LogP contribution in [0.4, 0.5) is 0 Å². The number of likely N-dealkylation sites (N-methyl/N-ethyl adjacent to an activating group) is 1. The molecule has 0 aliphatic carbocycles. The van der Waals surface area contributed by atoms with Crippen LogP contribution >= 0.6 is 7.82 Å². The van der Waals surface area contributed by atoms with Gasteiger partial charge in [-0.3, -0.25) is 9.36 Å². The molecule has 0 aromatic rings. The summed E-state index contributed by atoms with van der Waals surface area (Å²) in [5, 5.41) is 13.8. The molecule has 9 heteroatoms. The molecule has 0 fully saturated rings. The van der Waals surface area contributed by atoms with E-state index < -0.39 is 26.6 Å². The number of rotatable bonds is 45. The molecule has 3 unspecified atom stereocenters. The number of unbranched alkanes of at least 4 members (excludes halogenated alkanes) is 28. The van der Waals surface area contributed by atoms with E-state index in [2.05, 4.69) is 43.5 Å². The zero-order chi connectivity index (χ0) is 43.6. The van der Waals surface area contributed by atoms with Crippen LogP contribution in [-0.2, 0) is 18.4 Å². The molecular formula is C50H97N2O6P. The Bertz CT molecular complexity index is 1060.